The van der Waals surface area contributed by atoms with Gasteiger partial charge in [-0.15, -0.1) is 11.8 Å². The van der Waals surface area contributed by atoms with Crippen molar-refractivity contribution in [2.75, 3.05) is 18.8 Å². The van der Waals surface area contributed by atoms with Gasteiger partial charge in [0.05, 0.1) is 16.3 Å². The number of hydrogen-bond acceptors (Lipinski definition) is 3. The summed E-state index contributed by atoms with van der Waals surface area (Å²) in [6.07, 6.45) is 2.13. The van der Waals surface area contributed by atoms with Crippen LogP contribution in [0.2, 0.25) is 0 Å². The molecule has 1 saturated heterocycles. The lowest BCUT2D eigenvalue weighted by Gasteiger charge is -2.30. The molecule has 24 heavy (non-hydrogen) atoms. The van der Waals surface area contributed by atoms with Gasteiger partial charge in [-0.25, -0.2) is 4.39 Å². The maximum Gasteiger partial charge on any atom is 0.138 e. The number of nitrogens with zero attached hydrogens (tertiary/aromatic N) is 1. The molecule has 0 aliphatic carbocycles. The highest BCUT2D eigenvalue weighted by atomic mass is 32.2. The van der Waals surface area contributed by atoms with E-state index in [9.17, 15) is 0 Å². The van der Waals surface area contributed by atoms with E-state index in [1.807, 2.05) is 30.0 Å². The Labute approximate surface area is 143 Å². The predicted octanol–water partition coefficient (Wildman–Crippen LogP) is 3.75. The number of thioether (sulfide) groups is 1. The van der Waals surface area contributed by atoms with Gasteiger partial charge in [0.25, 0.3) is 0 Å². The molecule has 2 aliphatic heterocycles. The number of nitrogens with one attached hydrogen (secondary N) is 3. The quantitative estimate of drug-likeness (QED) is 0.665. The molecule has 3 N–H and O–H groups in total. The minimum Gasteiger partial charge on any atom is -0.353 e. The van der Waals surface area contributed by atoms with Crippen LogP contribution in [0.5, 0.6) is 0 Å². The van der Waals surface area contributed by atoms with Crippen LogP contribution in [0.4, 0.5) is 4.39 Å². The van der Waals surface area contributed by atoms with Crippen LogP contribution in [0.25, 0.3) is 22.3 Å². The molecule has 0 bridgehead atoms. The Morgan fingerprint density at radius 1 is 1.17 bits per heavy atom. The number of alkyl halides is 1. The number of aryl methyl sites for hydroxylation is 1. The van der Waals surface area contributed by atoms with Crippen molar-refractivity contribution < 1.29 is 4.39 Å². The number of rotatable bonds is 2. The van der Waals surface area contributed by atoms with Gasteiger partial charge in [-0.2, -0.15) is 5.10 Å². The smallest absolute Gasteiger partial charge is 0.138 e. The van der Waals surface area contributed by atoms with Crippen molar-refractivity contribution in [3.8, 4) is 11.4 Å². The maximum absolute atomic E-state index is 15.2. The number of aromatic amines is 2. The van der Waals surface area contributed by atoms with Gasteiger partial charge in [-0.05, 0) is 50.0 Å². The number of piperidine rings is 1. The average Bonchev–Trinajstić information content (AvgIpc) is 3.29. The molecule has 3 aromatic rings. The number of aromatic nitrogens is 3. The predicted molar refractivity (Wildman–Crippen MR) is 95.2 cm³/mol. The fourth-order valence-electron chi connectivity index (χ4n) is 3.78. The number of benzene rings is 1. The van der Waals surface area contributed by atoms with Crippen LogP contribution >= 0.6 is 11.8 Å². The summed E-state index contributed by atoms with van der Waals surface area (Å²) >= 11 is 1.85. The second-order valence-corrected chi connectivity index (χ2v) is 7.78. The molecule has 124 valence electrons. The Morgan fingerprint density at radius 2 is 2.04 bits per heavy atom. The lowest BCUT2D eigenvalue weighted by molar-refractivity contribution is 0.115. The second-order valence-electron chi connectivity index (χ2n) is 6.68. The third-order valence-electron chi connectivity index (χ3n) is 5.18. The van der Waals surface area contributed by atoms with Gasteiger partial charge in [0.1, 0.15) is 11.4 Å². The summed E-state index contributed by atoms with van der Waals surface area (Å²) in [6, 6.07) is 8.05. The van der Waals surface area contributed by atoms with Crippen LogP contribution in [0, 0.1) is 0 Å². The molecule has 0 spiro atoms. The zero-order valence-corrected chi connectivity index (χ0v) is 14.1. The van der Waals surface area contributed by atoms with E-state index in [1.54, 1.807) is 0 Å². The van der Waals surface area contributed by atoms with Gasteiger partial charge < -0.3 is 10.3 Å². The standard InChI is InChI=1S/C18H19FN4S/c19-18(4-6-20-7-5-18)12-2-1-11-9-15(21-14(11)10-12)16-17-13(22-23-16)3-8-24-17/h1-2,9-10,20-21H,3-8H2,(H,22,23). The van der Waals surface area contributed by atoms with Crippen molar-refractivity contribution in [1.29, 1.82) is 0 Å². The molecule has 0 radical (unpaired) electrons. The number of hydrogen-bond donors (Lipinski definition) is 3. The van der Waals surface area contributed by atoms with E-state index in [2.05, 4.69) is 26.6 Å². The fraction of sp³-hybridized carbons (Fsp3) is 0.389. The lowest BCUT2D eigenvalue weighted by Crippen LogP contribution is -2.36. The lowest BCUT2D eigenvalue weighted by atomic mass is 9.86. The summed E-state index contributed by atoms with van der Waals surface area (Å²) in [4.78, 5) is 4.70. The monoisotopic (exact) mass is 342 g/mol. The molecule has 2 aromatic heterocycles. The third-order valence-corrected chi connectivity index (χ3v) is 6.32. The van der Waals surface area contributed by atoms with E-state index in [0.29, 0.717) is 12.8 Å². The van der Waals surface area contributed by atoms with Crippen LogP contribution < -0.4 is 5.32 Å². The van der Waals surface area contributed by atoms with Gasteiger partial charge in [-0.1, -0.05) is 12.1 Å². The summed E-state index contributed by atoms with van der Waals surface area (Å²) in [5.74, 6) is 1.11. The topological polar surface area (TPSA) is 56.5 Å². The zero-order chi connectivity index (χ0) is 16.1. The summed E-state index contributed by atoms with van der Waals surface area (Å²) < 4.78 is 15.2. The minimum absolute atomic E-state index is 0.537. The van der Waals surface area contributed by atoms with Crippen molar-refractivity contribution in [3.63, 3.8) is 0 Å². The molecule has 4 heterocycles. The Morgan fingerprint density at radius 3 is 2.92 bits per heavy atom. The first-order valence-electron chi connectivity index (χ1n) is 8.46. The first-order chi connectivity index (χ1) is 11.7. The normalized spacial score (nSPS) is 19.7. The van der Waals surface area contributed by atoms with E-state index < -0.39 is 5.67 Å². The molecule has 0 amide bonds. The Hall–Kier alpha value is -1.79. The first-order valence-corrected chi connectivity index (χ1v) is 9.45. The van der Waals surface area contributed by atoms with Gasteiger partial charge in [-0.3, -0.25) is 5.10 Å². The van der Waals surface area contributed by atoms with Crippen molar-refractivity contribution in [3.05, 3.63) is 35.5 Å². The number of fused-ring (bicyclic) bond motifs is 2. The Kier molecular flexibility index (Phi) is 3.25. The van der Waals surface area contributed by atoms with Gasteiger partial charge in [0.15, 0.2) is 0 Å². The number of halogens is 1. The van der Waals surface area contributed by atoms with E-state index in [-0.39, 0.29) is 0 Å². The first kappa shape index (κ1) is 14.5. The van der Waals surface area contributed by atoms with Crippen molar-refractivity contribution in [2.24, 2.45) is 0 Å². The van der Waals surface area contributed by atoms with Gasteiger partial charge in [0.2, 0.25) is 0 Å². The molecular weight excluding hydrogens is 323 g/mol. The molecular formula is C18H19FN4S. The molecule has 0 unspecified atom stereocenters. The second kappa shape index (κ2) is 5.36. The van der Waals surface area contributed by atoms with Crippen molar-refractivity contribution >= 4 is 22.7 Å². The minimum atomic E-state index is -1.21. The summed E-state index contributed by atoms with van der Waals surface area (Å²) in [5.41, 5.74) is 3.78. The molecule has 0 saturated carbocycles. The summed E-state index contributed by atoms with van der Waals surface area (Å²) in [5, 5.41) is 11.9. The number of H-pyrrole nitrogens is 2. The Balaban J connectivity index is 1.56. The van der Waals surface area contributed by atoms with Crippen molar-refractivity contribution in [1.82, 2.24) is 20.5 Å². The molecule has 1 fully saturated rings. The van der Waals surface area contributed by atoms with Gasteiger partial charge in [0, 0.05) is 16.7 Å². The fourth-order valence-corrected chi connectivity index (χ4v) is 4.90. The highest BCUT2D eigenvalue weighted by Crippen LogP contribution is 2.40. The zero-order valence-electron chi connectivity index (χ0n) is 13.3. The van der Waals surface area contributed by atoms with Crippen molar-refractivity contribution in [2.45, 2.75) is 29.8 Å². The molecule has 1 aromatic carbocycles. The van der Waals surface area contributed by atoms with Crippen LogP contribution in [-0.4, -0.2) is 34.0 Å². The Bertz CT molecular complexity index is 907. The largest absolute Gasteiger partial charge is 0.353 e. The van der Waals surface area contributed by atoms with E-state index >= 15 is 4.39 Å². The van der Waals surface area contributed by atoms with E-state index in [4.69, 9.17) is 0 Å². The van der Waals surface area contributed by atoms with Crippen LogP contribution in [0.1, 0.15) is 24.1 Å². The third kappa shape index (κ3) is 2.20. The average molecular weight is 342 g/mol. The SMILES string of the molecule is FC1(c2ccc3cc(-c4n[nH]c5c4SCC5)[nH]c3c2)CCNCC1. The molecule has 5 rings (SSSR count). The summed E-state index contributed by atoms with van der Waals surface area (Å²) in [6.45, 7) is 1.47. The highest BCUT2D eigenvalue weighted by Gasteiger charge is 2.33. The molecule has 4 nitrogen and oxygen atoms in total. The van der Waals surface area contributed by atoms with E-state index in [0.717, 1.165) is 53.1 Å². The summed E-state index contributed by atoms with van der Waals surface area (Å²) in [7, 11) is 0. The van der Waals surface area contributed by atoms with E-state index in [1.165, 1.54) is 10.6 Å². The van der Waals surface area contributed by atoms with Crippen LogP contribution in [0.3, 0.4) is 0 Å². The molecule has 0 atom stereocenters. The molecule has 2 aliphatic rings. The maximum atomic E-state index is 15.2. The molecule has 6 heteroatoms. The van der Waals surface area contributed by atoms with Gasteiger partial charge >= 0.3 is 0 Å². The van der Waals surface area contributed by atoms with Crippen LogP contribution in [0.15, 0.2) is 29.2 Å². The van der Waals surface area contributed by atoms with Crippen LogP contribution in [-0.2, 0) is 12.1 Å². The highest BCUT2D eigenvalue weighted by molar-refractivity contribution is 7.99.